The number of methoxy groups -OCH3 is 3. The van der Waals surface area contributed by atoms with Gasteiger partial charge in [0, 0.05) is 37.5 Å². The Hall–Kier alpha value is -3.34. The summed E-state index contributed by atoms with van der Waals surface area (Å²) in [4.78, 5) is 46.6. The lowest BCUT2D eigenvalue weighted by Gasteiger charge is -2.32. The van der Waals surface area contributed by atoms with Crippen LogP contribution < -0.4 is 14.2 Å². The summed E-state index contributed by atoms with van der Waals surface area (Å²) in [6.45, 7) is 4.37. The van der Waals surface area contributed by atoms with E-state index in [0.717, 1.165) is 17.8 Å². The molecule has 0 aliphatic carbocycles. The van der Waals surface area contributed by atoms with Crippen LogP contribution in [0.5, 0.6) is 17.2 Å². The number of amides is 2. The molecule has 2 aromatic rings. The lowest BCUT2D eigenvalue weighted by Crippen LogP contribution is -2.40. The fourth-order valence-electron chi connectivity index (χ4n) is 5.08. The first-order valence-corrected chi connectivity index (χ1v) is 13.8. The highest BCUT2D eigenvalue weighted by atomic mass is 32.1. The zero-order chi connectivity index (χ0) is 27.2. The number of thiazole rings is 1. The Bertz CT molecular complexity index is 1150. The largest absolute Gasteiger partial charge is 0.493 e. The molecular weight excluding hydrogens is 510 g/mol. The molecule has 206 valence electrons. The summed E-state index contributed by atoms with van der Waals surface area (Å²) in [5.74, 6) is 0.894. The van der Waals surface area contributed by atoms with Crippen molar-refractivity contribution in [3.63, 3.8) is 0 Å². The second-order valence-corrected chi connectivity index (χ2v) is 10.2. The van der Waals surface area contributed by atoms with E-state index < -0.39 is 0 Å². The van der Waals surface area contributed by atoms with Crippen LogP contribution >= 0.6 is 11.3 Å². The van der Waals surface area contributed by atoms with E-state index in [0.29, 0.717) is 74.1 Å². The molecule has 3 heterocycles. The first kappa shape index (κ1) is 27.7. The second-order valence-electron chi connectivity index (χ2n) is 9.34. The molecular formula is C27H35N3O7S. The Kier molecular flexibility index (Phi) is 9.09. The lowest BCUT2D eigenvalue weighted by atomic mass is 9.96. The SMILES string of the molecule is CCOC(=O)C1CCN(C(=O)c2csc(C3CCN(C(=O)c4ccc(OC)c(OC)c4OC)CC3)n2)CC1. The number of carbonyl (C=O) groups is 3. The molecule has 2 aliphatic heterocycles. The smallest absolute Gasteiger partial charge is 0.309 e. The van der Waals surface area contributed by atoms with Gasteiger partial charge < -0.3 is 28.7 Å². The standard InChI is InChI=1S/C27H35N3O7S/c1-5-37-27(33)18-10-14-30(15-11-18)26(32)20-16-38-24(28-20)17-8-12-29(13-9-17)25(31)19-6-7-21(34-2)23(36-4)22(19)35-3/h6-7,16-18H,5,8-15H2,1-4H3. The molecule has 0 radical (unpaired) electrons. The number of hydrogen-bond acceptors (Lipinski definition) is 9. The second kappa shape index (κ2) is 12.5. The van der Waals surface area contributed by atoms with Crippen molar-refractivity contribution in [1.82, 2.24) is 14.8 Å². The van der Waals surface area contributed by atoms with Crippen LogP contribution in [0.4, 0.5) is 0 Å². The molecule has 0 bridgehead atoms. The highest BCUT2D eigenvalue weighted by Gasteiger charge is 2.32. The van der Waals surface area contributed by atoms with Gasteiger partial charge in [-0.3, -0.25) is 14.4 Å². The lowest BCUT2D eigenvalue weighted by molar-refractivity contribution is -0.149. The molecule has 0 N–H and O–H groups in total. The molecule has 1 aromatic heterocycles. The number of piperidine rings is 2. The van der Waals surface area contributed by atoms with E-state index in [1.54, 1.807) is 24.0 Å². The summed E-state index contributed by atoms with van der Waals surface area (Å²) >= 11 is 1.49. The van der Waals surface area contributed by atoms with Crippen molar-refractivity contribution in [2.24, 2.45) is 5.92 Å². The van der Waals surface area contributed by atoms with Gasteiger partial charge in [-0.2, -0.15) is 0 Å². The van der Waals surface area contributed by atoms with Crippen LogP contribution in [-0.2, 0) is 9.53 Å². The predicted molar refractivity (Wildman–Crippen MR) is 141 cm³/mol. The Morgan fingerprint density at radius 2 is 1.53 bits per heavy atom. The number of rotatable bonds is 8. The van der Waals surface area contributed by atoms with Gasteiger partial charge in [0.1, 0.15) is 5.69 Å². The van der Waals surface area contributed by atoms with Gasteiger partial charge in [-0.25, -0.2) is 4.98 Å². The third-order valence-corrected chi connectivity index (χ3v) is 8.22. The third-order valence-electron chi connectivity index (χ3n) is 7.21. The van der Waals surface area contributed by atoms with Gasteiger partial charge in [0.25, 0.3) is 11.8 Å². The van der Waals surface area contributed by atoms with Crippen molar-refractivity contribution < 1.29 is 33.3 Å². The van der Waals surface area contributed by atoms with Crippen LogP contribution in [0.1, 0.15) is 64.4 Å². The number of likely N-dealkylation sites (tertiary alicyclic amines) is 2. The number of benzene rings is 1. The Balaban J connectivity index is 1.34. The third kappa shape index (κ3) is 5.72. The maximum absolute atomic E-state index is 13.3. The van der Waals surface area contributed by atoms with Gasteiger partial charge in [-0.05, 0) is 44.7 Å². The summed E-state index contributed by atoms with van der Waals surface area (Å²) in [5.41, 5.74) is 0.880. The van der Waals surface area contributed by atoms with Crippen LogP contribution in [0.3, 0.4) is 0 Å². The number of esters is 1. The summed E-state index contributed by atoms with van der Waals surface area (Å²) in [5, 5.41) is 2.74. The van der Waals surface area contributed by atoms with Crippen LogP contribution in [0.25, 0.3) is 0 Å². The maximum atomic E-state index is 13.3. The first-order chi connectivity index (χ1) is 18.4. The highest BCUT2D eigenvalue weighted by Crippen LogP contribution is 2.41. The van der Waals surface area contributed by atoms with E-state index in [2.05, 4.69) is 4.98 Å². The van der Waals surface area contributed by atoms with Crippen molar-refractivity contribution in [2.75, 3.05) is 54.1 Å². The minimum Gasteiger partial charge on any atom is -0.493 e. The van der Waals surface area contributed by atoms with Gasteiger partial charge >= 0.3 is 5.97 Å². The number of aromatic nitrogens is 1. The Morgan fingerprint density at radius 1 is 0.895 bits per heavy atom. The van der Waals surface area contributed by atoms with Crippen LogP contribution in [0.15, 0.2) is 17.5 Å². The van der Waals surface area contributed by atoms with Gasteiger partial charge in [0.05, 0.1) is 44.4 Å². The molecule has 1 aromatic carbocycles. The first-order valence-electron chi connectivity index (χ1n) is 12.9. The minimum atomic E-state index is -0.176. The van der Waals surface area contributed by atoms with E-state index >= 15 is 0 Å². The number of nitrogens with zero attached hydrogens (tertiary/aromatic N) is 3. The molecule has 2 amide bonds. The number of hydrogen-bond donors (Lipinski definition) is 0. The quantitative estimate of drug-likeness (QED) is 0.463. The van der Waals surface area contributed by atoms with Crippen LogP contribution in [0.2, 0.25) is 0 Å². The van der Waals surface area contributed by atoms with Gasteiger partial charge in [0.15, 0.2) is 11.5 Å². The Morgan fingerprint density at radius 3 is 2.13 bits per heavy atom. The van der Waals surface area contributed by atoms with Crippen molar-refractivity contribution >= 4 is 29.1 Å². The van der Waals surface area contributed by atoms with Crippen molar-refractivity contribution in [2.45, 2.75) is 38.5 Å². The van der Waals surface area contributed by atoms with E-state index in [-0.39, 0.29) is 29.6 Å². The van der Waals surface area contributed by atoms with E-state index in [1.165, 1.54) is 32.7 Å². The fourth-order valence-corrected chi connectivity index (χ4v) is 6.05. The maximum Gasteiger partial charge on any atom is 0.309 e. The zero-order valence-corrected chi connectivity index (χ0v) is 23.2. The van der Waals surface area contributed by atoms with Gasteiger partial charge in [-0.15, -0.1) is 11.3 Å². The van der Waals surface area contributed by atoms with Crippen LogP contribution in [-0.4, -0.2) is 86.7 Å². The molecule has 2 fully saturated rings. The molecule has 0 atom stereocenters. The summed E-state index contributed by atoms with van der Waals surface area (Å²) in [6.07, 6.45) is 2.73. The zero-order valence-electron chi connectivity index (χ0n) is 22.4. The molecule has 2 saturated heterocycles. The molecule has 0 saturated carbocycles. The van der Waals surface area contributed by atoms with Gasteiger partial charge in [0.2, 0.25) is 5.75 Å². The molecule has 38 heavy (non-hydrogen) atoms. The molecule has 10 nitrogen and oxygen atoms in total. The fraction of sp³-hybridized carbons (Fsp3) is 0.556. The van der Waals surface area contributed by atoms with E-state index in [9.17, 15) is 14.4 Å². The van der Waals surface area contributed by atoms with E-state index in [1.807, 2.05) is 10.3 Å². The minimum absolute atomic E-state index is 0.0945. The topological polar surface area (TPSA) is 108 Å². The molecule has 2 aliphatic rings. The monoisotopic (exact) mass is 545 g/mol. The molecule has 11 heteroatoms. The summed E-state index contributed by atoms with van der Waals surface area (Å²) in [6, 6.07) is 3.40. The summed E-state index contributed by atoms with van der Waals surface area (Å²) in [7, 11) is 4.55. The average molecular weight is 546 g/mol. The number of carbonyl (C=O) groups excluding carboxylic acids is 3. The van der Waals surface area contributed by atoms with Gasteiger partial charge in [-0.1, -0.05) is 0 Å². The number of ether oxygens (including phenoxy) is 4. The van der Waals surface area contributed by atoms with Crippen LogP contribution in [0, 0.1) is 5.92 Å². The predicted octanol–water partition coefficient (Wildman–Crippen LogP) is 3.60. The van der Waals surface area contributed by atoms with E-state index in [4.69, 9.17) is 18.9 Å². The van der Waals surface area contributed by atoms with Crippen molar-refractivity contribution in [1.29, 1.82) is 0 Å². The highest BCUT2D eigenvalue weighted by molar-refractivity contribution is 7.09. The normalized spacial score (nSPS) is 16.7. The molecule has 4 rings (SSSR count). The van der Waals surface area contributed by atoms with Crippen molar-refractivity contribution in [3.05, 3.63) is 33.8 Å². The molecule has 0 spiro atoms. The average Bonchev–Trinajstić information content (AvgIpc) is 3.46. The summed E-state index contributed by atoms with van der Waals surface area (Å²) < 4.78 is 21.4. The Labute approximate surface area is 226 Å². The molecule has 0 unspecified atom stereocenters. The van der Waals surface area contributed by atoms with Crippen molar-refractivity contribution in [3.8, 4) is 17.2 Å².